The Morgan fingerprint density at radius 3 is 2.53 bits per heavy atom. The summed E-state index contributed by atoms with van der Waals surface area (Å²) in [7, 11) is 2.15. The number of rotatable bonds is 5. The summed E-state index contributed by atoms with van der Waals surface area (Å²) in [4.78, 5) is 20.1. The predicted molar refractivity (Wildman–Crippen MR) is 124 cm³/mol. The van der Waals surface area contributed by atoms with Gasteiger partial charge >= 0.3 is 0 Å². The summed E-state index contributed by atoms with van der Waals surface area (Å²) in [6.07, 6.45) is 0.505. The standard InChI is InChI=1S/C25H23FN4O2/c1-29-11-13-30(14-12-29)20-9-7-19(8-10-20)27-25-28-23-4-2-3-21(24(23)32-25)17-5-6-18(16-31)22(26)15-17/h2-10,15-16H,11-14H2,1H3,(H,27,28). The molecule has 0 bridgehead atoms. The summed E-state index contributed by atoms with van der Waals surface area (Å²) in [5.41, 5.74) is 4.66. The molecule has 1 aliphatic rings. The number of para-hydroxylation sites is 1. The van der Waals surface area contributed by atoms with Crippen LogP contribution in [0.15, 0.2) is 65.1 Å². The minimum absolute atomic E-state index is 0.0286. The van der Waals surface area contributed by atoms with Gasteiger partial charge in [-0.25, -0.2) is 4.39 Å². The highest BCUT2D eigenvalue weighted by atomic mass is 19.1. The van der Waals surface area contributed by atoms with E-state index in [2.05, 4.69) is 39.3 Å². The molecule has 1 aromatic heterocycles. The maximum atomic E-state index is 14.1. The van der Waals surface area contributed by atoms with Gasteiger partial charge in [-0.05, 0) is 55.1 Å². The smallest absolute Gasteiger partial charge is 0.300 e. The van der Waals surface area contributed by atoms with Crippen LogP contribution >= 0.6 is 0 Å². The Labute approximate surface area is 185 Å². The van der Waals surface area contributed by atoms with Gasteiger partial charge in [0.15, 0.2) is 11.9 Å². The molecule has 0 atom stereocenters. The Morgan fingerprint density at radius 2 is 1.81 bits per heavy atom. The Kier molecular flexibility index (Phi) is 5.33. The monoisotopic (exact) mass is 430 g/mol. The van der Waals surface area contributed by atoms with Gasteiger partial charge in [0, 0.05) is 43.1 Å². The minimum Gasteiger partial charge on any atom is -0.423 e. The average Bonchev–Trinajstić information content (AvgIpc) is 3.22. The highest BCUT2D eigenvalue weighted by Gasteiger charge is 2.15. The normalized spacial score (nSPS) is 14.6. The zero-order valence-corrected chi connectivity index (χ0v) is 17.7. The number of halogens is 1. The summed E-state index contributed by atoms with van der Waals surface area (Å²) in [6.45, 7) is 4.16. The van der Waals surface area contributed by atoms with Crippen molar-refractivity contribution in [3.8, 4) is 11.1 Å². The van der Waals surface area contributed by atoms with E-state index in [0.717, 1.165) is 31.9 Å². The van der Waals surface area contributed by atoms with E-state index in [0.29, 0.717) is 34.5 Å². The second-order valence-corrected chi connectivity index (χ2v) is 7.99. The molecule has 5 rings (SSSR count). The van der Waals surface area contributed by atoms with Crippen molar-refractivity contribution in [1.29, 1.82) is 0 Å². The number of oxazole rings is 1. The molecule has 1 saturated heterocycles. The Bertz CT molecular complexity index is 1260. The molecule has 0 saturated carbocycles. The van der Waals surface area contributed by atoms with Crippen LogP contribution in [0.1, 0.15) is 10.4 Å². The number of carbonyl (C=O) groups excluding carboxylic acids is 1. The summed E-state index contributed by atoms with van der Waals surface area (Å²) in [5, 5.41) is 3.21. The predicted octanol–water partition coefficient (Wildman–Crippen LogP) is 4.94. The zero-order chi connectivity index (χ0) is 22.1. The lowest BCUT2D eigenvalue weighted by Gasteiger charge is -2.34. The number of fused-ring (bicyclic) bond motifs is 1. The number of aldehydes is 1. The van der Waals surface area contributed by atoms with Gasteiger partial charge < -0.3 is 19.5 Å². The van der Waals surface area contributed by atoms with Crippen molar-refractivity contribution < 1.29 is 13.6 Å². The van der Waals surface area contributed by atoms with Crippen molar-refractivity contribution in [3.05, 3.63) is 72.0 Å². The quantitative estimate of drug-likeness (QED) is 0.453. The number of hydrogen-bond donors (Lipinski definition) is 1. The molecule has 1 fully saturated rings. The highest BCUT2D eigenvalue weighted by Crippen LogP contribution is 2.32. The van der Waals surface area contributed by atoms with Crippen molar-refractivity contribution in [1.82, 2.24) is 9.88 Å². The third-order valence-electron chi connectivity index (χ3n) is 5.84. The number of anilines is 3. The number of piperazine rings is 1. The molecule has 0 unspecified atom stereocenters. The van der Waals surface area contributed by atoms with Gasteiger partial charge in [0.2, 0.25) is 0 Å². The van der Waals surface area contributed by atoms with Crippen molar-refractivity contribution in [2.24, 2.45) is 0 Å². The fourth-order valence-corrected chi connectivity index (χ4v) is 3.96. The van der Waals surface area contributed by atoms with Crippen LogP contribution in [0.5, 0.6) is 0 Å². The lowest BCUT2D eigenvalue weighted by Crippen LogP contribution is -2.44. The minimum atomic E-state index is -0.562. The molecule has 32 heavy (non-hydrogen) atoms. The number of nitrogens with zero attached hydrogens (tertiary/aromatic N) is 3. The lowest BCUT2D eigenvalue weighted by atomic mass is 10.0. The van der Waals surface area contributed by atoms with E-state index >= 15 is 0 Å². The van der Waals surface area contributed by atoms with Crippen LogP contribution in [-0.2, 0) is 0 Å². The third-order valence-corrected chi connectivity index (χ3v) is 5.84. The van der Waals surface area contributed by atoms with Crippen LogP contribution in [0.2, 0.25) is 0 Å². The maximum Gasteiger partial charge on any atom is 0.300 e. The topological polar surface area (TPSA) is 61.6 Å². The molecule has 1 aliphatic heterocycles. The van der Waals surface area contributed by atoms with Crippen LogP contribution in [0, 0.1) is 5.82 Å². The number of aromatic nitrogens is 1. The van der Waals surface area contributed by atoms with Gasteiger partial charge in [0.25, 0.3) is 6.01 Å². The second-order valence-electron chi connectivity index (χ2n) is 7.99. The number of benzene rings is 3. The largest absolute Gasteiger partial charge is 0.423 e. The number of nitrogens with one attached hydrogen (secondary N) is 1. The van der Waals surface area contributed by atoms with E-state index in [4.69, 9.17) is 4.42 Å². The SMILES string of the molecule is CN1CCN(c2ccc(Nc3nc4cccc(-c5ccc(C=O)c(F)c5)c4o3)cc2)CC1. The van der Waals surface area contributed by atoms with Crippen LogP contribution in [0.3, 0.4) is 0 Å². The third kappa shape index (κ3) is 3.94. The fourth-order valence-electron chi connectivity index (χ4n) is 3.96. The highest BCUT2D eigenvalue weighted by molar-refractivity contribution is 5.92. The second kappa shape index (κ2) is 8.43. The molecule has 0 aliphatic carbocycles. The van der Waals surface area contributed by atoms with Gasteiger partial charge in [0.05, 0.1) is 5.56 Å². The van der Waals surface area contributed by atoms with Gasteiger partial charge in [0.1, 0.15) is 11.3 Å². The fraction of sp³-hybridized carbons (Fsp3) is 0.200. The molecule has 0 radical (unpaired) electrons. The average molecular weight is 430 g/mol. The molecular formula is C25H23FN4O2. The lowest BCUT2D eigenvalue weighted by molar-refractivity contribution is 0.112. The molecule has 162 valence electrons. The molecule has 1 N–H and O–H groups in total. The summed E-state index contributed by atoms with van der Waals surface area (Å²) < 4.78 is 20.1. The first-order valence-electron chi connectivity index (χ1n) is 10.6. The molecule has 2 heterocycles. The van der Waals surface area contributed by atoms with Crippen LogP contribution < -0.4 is 10.2 Å². The van der Waals surface area contributed by atoms with Crippen LogP contribution in [0.25, 0.3) is 22.2 Å². The first-order valence-corrected chi connectivity index (χ1v) is 10.6. The zero-order valence-electron chi connectivity index (χ0n) is 17.7. The van der Waals surface area contributed by atoms with Gasteiger partial charge in [-0.1, -0.05) is 18.2 Å². The van der Waals surface area contributed by atoms with Crippen LogP contribution in [-0.4, -0.2) is 49.4 Å². The van der Waals surface area contributed by atoms with Crippen molar-refractivity contribution in [3.63, 3.8) is 0 Å². The molecule has 0 amide bonds. The summed E-state index contributed by atoms with van der Waals surface area (Å²) in [5.74, 6) is -0.562. The number of hydrogen-bond acceptors (Lipinski definition) is 6. The molecule has 0 spiro atoms. The van der Waals surface area contributed by atoms with Gasteiger partial charge in [-0.15, -0.1) is 0 Å². The van der Waals surface area contributed by atoms with E-state index in [1.165, 1.54) is 17.8 Å². The first-order chi connectivity index (χ1) is 15.6. The summed E-state index contributed by atoms with van der Waals surface area (Å²) in [6, 6.07) is 18.6. The van der Waals surface area contributed by atoms with E-state index in [9.17, 15) is 9.18 Å². The first kappa shape index (κ1) is 20.2. The van der Waals surface area contributed by atoms with E-state index in [-0.39, 0.29) is 5.56 Å². The van der Waals surface area contributed by atoms with Crippen molar-refractivity contribution in [2.45, 2.75) is 0 Å². The van der Waals surface area contributed by atoms with E-state index < -0.39 is 5.82 Å². The molecule has 3 aromatic carbocycles. The molecule has 7 heteroatoms. The number of likely N-dealkylation sites (N-methyl/N-ethyl adjacent to an activating group) is 1. The molecule has 4 aromatic rings. The van der Waals surface area contributed by atoms with E-state index in [1.807, 2.05) is 30.3 Å². The Morgan fingerprint density at radius 1 is 1.03 bits per heavy atom. The van der Waals surface area contributed by atoms with Crippen molar-refractivity contribution in [2.75, 3.05) is 43.4 Å². The van der Waals surface area contributed by atoms with E-state index in [1.54, 1.807) is 6.07 Å². The summed E-state index contributed by atoms with van der Waals surface area (Å²) >= 11 is 0. The maximum absolute atomic E-state index is 14.1. The Balaban J connectivity index is 1.38. The molecule has 6 nitrogen and oxygen atoms in total. The van der Waals surface area contributed by atoms with Crippen molar-refractivity contribution >= 4 is 34.8 Å². The van der Waals surface area contributed by atoms with Gasteiger partial charge in [-0.3, -0.25) is 4.79 Å². The molecular weight excluding hydrogens is 407 g/mol. The van der Waals surface area contributed by atoms with Crippen LogP contribution in [0.4, 0.5) is 21.8 Å². The van der Waals surface area contributed by atoms with Gasteiger partial charge in [-0.2, -0.15) is 4.98 Å². The Hall–Kier alpha value is -3.71. The number of carbonyl (C=O) groups is 1.